The summed E-state index contributed by atoms with van der Waals surface area (Å²) >= 11 is 7.25. The van der Waals surface area contributed by atoms with E-state index in [4.69, 9.17) is 26.3 Å². The second kappa shape index (κ2) is 10.8. The molecule has 0 saturated carbocycles. The Morgan fingerprint density at radius 3 is 2.94 bits per heavy atom. The average molecular weight is 503 g/mol. The van der Waals surface area contributed by atoms with Gasteiger partial charge in [0.1, 0.15) is 22.0 Å². The van der Waals surface area contributed by atoms with Crippen LogP contribution in [0.2, 0.25) is 0 Å². The number of ether oxygens (including phenoxy) is 1. The predicted octanol–water partition coefficient (Wildman–Crippen LogP) is 2.70. The number of amides is 1. The molecule has 180 valence electrons. The lowest BCUT2D eigenvalue weighted by molar-refractivity contribution is -0.129. The van der Waals surface area contributed by atoms with Crippen molar-refractivity contribution in [3.8, 4) is 0 Å². The molecule has 0 bridgehead atoms. The Labute approximate surface area is 206 Å². The zero-order chi connectivity index (χ0) is 23.3. The summed E-state index contributed by atoms with van der Waals surface area (Å²) in [7, 11) is 0. The quantitative estimate of drug-likeness (QED) is 0.471. The van der Waals surface area contributed by atoms with Crippen LogP contribution < -0.4 is 10.6 Å². The van der Waals surface area contributed by atoms with Gasteiger partial charge in [-0.2, -0.15) is 4.98 Å². The monoisotopic (exact) mass is 502 g/mol. The second-order valence-electron chi connectivity index (χ2n) is 8.39. The highest BCUT2D eigenvalue weighted by Gasteiger charge is 2.24. The minimum atomic E-state index is -0.0399. The van der Waals surface area contributed by atoms with Gasteiger partial charge in [-0.1, -0.05) is 11.3 Å². The summed E-state index contributed by atoms with van der Waals surface area (Å²) in [5.41, 5.74) is 1.76. The molecule has 2 fully saturated rings. The molecule has 5 heterocycles. The molecule has 2 saturated heterocycles. The lowest BCUT2D eigenvalue weighted by atomic mass is 10.1. The Hall–Kier alpha value is -2.60. The highest BCUT2D eigenvalue weighted by Crippen LogP contribution is 2.27. The van der Waals surface area contributed by atoms with Crippen LogP contribution in [-0.2, 0) is 16.1 Å². The third-order valence-corrected chi connectivity index (χ3v) is 7.01. The second-order valence-corrected chi connectivity index (χ2v) is 9.63. The number of thiazole rings is 1. The molecular weight excluding hydrogens is 476 g/mol. The van der Waals surface area contributed by atoms with Crippen molar-refractivity contribution in [2.24, 2.45) is 0 Å². The van der Waals surface area contributed by atoms with Crippen LogP contribution in [0.1, 0.15) is 18.5 Å². The first kappa shape index (κ1) is 23.2. The number of hydrogen-bond acceptors (Lipinski definition) is 10. The number of piperidine rings is 1. The maximum absolute atomic E-state index is 12.1. The van der Waals surface area contributed by atoms with Crippen LogP contribution in [0.4, 0.5) is 16.9 Å². The van der Waals surface area contributed by atoms with E-state index in [2.05, 4.69) is 25.5 Å². The first-order chi connectivity index (χ1) is 16.7. The first-order valence-corrected chi connectivity index (χ1v) is 12.8. The van der Waals surface area contributed by atoms with Gasteiger partial charge >= 0.3 is 0 Å². The van der Waals surface area contributed by atoms with Crippen LogP contribution in [0.3, 0.4) is 0 Å². The third-order valence-electron chi connectivity index (χ3n) is 5.89. The van der Waals surface area contributed by atoms with Gasteiger partial charge < -0.3 is 20.3 Å². The fourth-order valence-electron chi connectivity index (χ4n) is 4.22. The number of nitrogens with one attached hydrogen (secondary N) is 2. The Bertz CT molecular complexity index is 1110. The number of alkyl halides is 1. The Kier molecular flexibility index (Phi) is 7.33. The lowest BCUT2D eigenvalue weighted by Crippen LogP contribution is -2.45. The van der Waals surface area contributed by atoms with Crippen molar-refractivity contribution < 1.29 is 9.53 Å². The molecule has 2 aliphatic rings. The third kappa shape index (κ3) is 5.72. The molecule has 0 radical (unpaired) electrons. The molecule has 12 heteroatoms. The number of anilines is 3. The molecule has 1 amide bonds. The number of carbonyl (C=O) groups excluding carboxylic acids is 1. The number of rotatable bonds is 7. The largest absolute Gasteiger partial charge is 0.379 e. The van der Waals surface area contributed by atoms with Crippen molar-refractivity contribution in [2.75, 3.05) is 55.9 Å². The van der Waals surface area contributed by atoms with Crippen LogP contribution in [0.15, 0.2) is 24.4 Å². The molecular formula is C22H27ClN8O2S. The molecule has 5 rings (SSSR count). The fraction of sp³-hybridized carbons (Fsp3) is 0.500. The fourth-order valence-corrected chi connectivity index (χ4v) is 5.20. The Morgan fingerprint density at radius 2 is 2.12 bits per heavy atom. The van der Waals surface area contributed by atoms with Gasteiger partial charge in [0.25, 0.3) is 0 Å². The molecule has 0 spiro atoms. The van der Waals surface area contributed by atoms with E-state index >= 15 is 0 Å². The van der Waals surface area contributed by atoms with Crippen LogP contribution in [0.25, 0.3) is 10.3 Å². The van der Waals surface area contributed by atoms with Crippen molar-refractivity contribution in [3.05, 3.63) is 30.1 Å². The lowest BCUT2D eigenvalue weighted by Gasteiger charge is -2.33. The molecule has 0 aliphatic carbocycles. The van der Waals surface area contributed by atoms with E-state index in [9.17, 15) is 4.79 Å². The first-order valence-electron chi connectivity index (χ1n) is 11.4. The van der Waals surface area contributed by atoms with Gasteiger partial charge in [-0.3, -0.25) is 9.69 Å². The number of pyridine rings is 1. The molecule has 34 heavy (non-hydrogen) atoms. The van der Waals surface area contributed by atoms with E-state index in [1.165, 1.54) is 11.3 Å². The predicted molar refractivity (Wildman–Crippen MR) is 133 cm³/mol. The van der Waals surface area contributed by atoms with Crippen molar-refractivity contribution in [2.45, 2.75) is 25.4 Å². The SMILES string of the molecule is O=C(CCl)N1CCCC(Nc2nc(CN3CCOCC3)cc(Nc3nc4cccnc4s3)n2)C1. The molecule has 3 aromatic heterocycles. The smallest absolute Gasteiger partial charge is 0.237 e. The minimum absolute atomic E-state index is 0.00332. The van der Waals surface area contributed by atoms with Crippen LogP contribution in [0, 0.1) is 0 Å². The van der Waals surface area contributed by atoms with Gasteiger partial charge in [0.05, 0.1) is 18.9 Å². The average Bonchev–Trinajstić information content (AvgIpc) is 3.26. The van der Waals surface area contributed by atoms with E-state index in [0.717, 1.165) is 66.9 Å². The van der Waals surface area contributed by atoms with Gasteiger partial charge in [-0.25, -0.2) is 15.0 Å². The van der Waals surface area contributed by atoms with Gasteiger partial charge in [-0.15, -0.1) is 11.6 Å². The van der Waals surface area contributed by atoms with E-state index in [-0.39, 0.29) is 17.8 Å². The van der Waals surface area contributed by atoms with Crippen molar-refractivity contribution in [1.82, 2.24) is 29.7 Å². The van der Waals surface area contributed by atoms with E-state index in [0.29, 0.717) is 24.9 Å². The standard InChI is InChI=1S/C22H27ClN8O2S/c23-12-19(32)31-6-2-3-15(14-31)25-21-26-16(13-30-7-9-33-10-8-30)11-18(28-21)29-22-27-17-4-1-5-24-20(17)34-22/h1,4-5,11,15H,2-3,6-10,12-14H2,(H2,25,26,27,28,29). The highest BCUT2D eigenvalue weighted by atomic mass is 35.5. The molecule has 0 aromatic carbocycles. The minimum Gasteiger partial charge on any atom is -0.379 e. The van der Waals surface area contributed by atoms with Crippen LogP contribution in [0.5, 0.6) is 0 Å². The summed E-state index contributed by atoms with van der Waals surface area (Å²) in [6, 6.07) is 5.85. The van der Waals surface area contributed by atoms with E-state index < -0.39 is 0 Å². The van der Waals surface area contributed by atoms with Gasteiger partial charge in [-0.05, 0) is 25.0 Å². The number of likely N-dealkylation sites (tertiary alicyclic amines) is 1. The molecule has 3 aromatic rings. The molecule has 2 N–H and O–H groups in total. The summed E-state index contributed by atoms with van der Waals surface area (Å²) < 4.78 is 5.48. The molecule has 10 nitrogen and oxygen atoms in total. The zero-order valence-electron chi connectivity index (χ0n) is 18.7. The summed E-state index contributed by atoms with van der Waals surface area (Å²) in [6.07, 6.45) is 3.62. The summed E-state index contributed by atoms with van der Waals surface area (Å²) in [5, 5.41) is 7.51. The van der Waals surface area contributed by atoms with E-state index in [1.54, 1.807) is 11.1 Å². The molecule has 1 unspecified atom stereocenters. The van der Waals surface area contributed by atoms with Crippen molar-refractivity contribution in [3.63, 3.8) is 0 Å². The number of hydrogen-bond donors (Lipinski definition) is 2. The van der Waals surface area contributed by atoms with E-state index in [1.807, 2.05) is 18.2 Å². The number of carbonyl (C=O) groups is 1. The number of morpholine rings is 1. The highest BCUT2D eigenvalue weighted by molar-refractivity contribution is 7.21. The van der Waals surface area contributed by atoms with Crippen molar-refractivity contribution >= 4 is 56.1 Å². The van der Waals surface area contributed by atoms with Gasteiger partial charge in [0.2, 0.25) is 11.9 Å². The number of aromatic nitrogens is 4. The maximum Gasteiger partial charge on any atom is 0.237 e. The molecule has 2 aliphatic heterocycles. The van der Waals surface area contributed by atoms with Gasteiger partial charge in [0.15, 0.2) is 5.13 Å². The number of fused-ring (bicyclic) bond motifs is 1. The number of halogens is 1. The van der Waals surface area contributed by atoms with Gasteiger partial charge in [0, 0.05) is 51.0 Å². The Morgan fingerprint density at radius 1 is 1.24 bits per heavy atom. The summed E-state index contributed by atoms with van der Waals surface area (Å²) in [4.78, 5) is 35.6. The van der Waals surface area contributed by atoms with Crippen molar-refractivity contribution in [1.29, 1.82) is 0 Å². The molecule has 1 atom stereocenters. The normalized spacial score (nSPS) is 19.3. The zero-order valence-corrected chi connectivity index (χ0v) is 20.3. The van der Waals surface area contributed by atoms with Crippen LogP contribution in [-0.4, -0.2) is 87.0 Å². The summed E-state index contributed by atoms with van der Waals surface area (Å²) in [5.74, 6) is 1.17. The summed E-state index contributed by atoms with van der Waals surface area (Å²) in [6.45, 7) is 5.24. The Balaban J connectivity index is 1.36. The topological polar surface area (TPSA) is 108 Å². The van der Waals surface area contributed by atoms with Crippen LogP contribution >= 0.6 is 22.9 Å². The number of nitrogens with zero attached hydrogens (tertiary/aromatic N) is 6. The maximum atomic E-state index is 12.1.